The summed E-state index contributed by atoms with van der Waals surface area (Å²) >= 11 is 0. The van der Waals surface area contributed by atoms with Gasteiger partial charge in [0.2, 0.25) is 0 Å². The van der Waals surface area contributed by atoms with E-state index in [1.54, 1.807) is 21.3 Å². The molecule has 0 aromatic heterocycles. The first-order chi connectivity index (χ1) is 15.7. The SMILES string of the molecule is CCNC(=NCc1ccc(OC)c(OC)c1)NCC(c1cccc(OC)c1)N1CCCC1. The predicted molar refractivity (Wildman–Crippen MR) is 129 cm³/mol. The molecule has 2 aromatic rings. The summed E-state index contributed by atoms with van der Waals surface area (Å²) in [5.74, 6) is 3.12. The third-order valence-corrected chi connectivity index (χ3v) is 5.73. The maximum atomic E-state index is 5.46. The number of methoxy groups -OCH3 is 3. The molecular weight excluding hydrogens is 404 g/mol. The Bertz CT molecular complexity index is 881. The number of aliphatic imine (C=N–C) groups is 1. The van der Waals surface area contributed by atoms with E-state index < -0.39 is 0 Å². The fourth-order valence-electron chi connectivity index (χ4n) is 4.04. The minimum atomic E-state index is 0.262. The van der Waals surface area contributed by atoms with Crippen molar-refractivity contribution in [3.8, 4) is 17.2 Å². The van der Waals surface area contributed by atoms with Gasteiger partial charge in [0.25, 0.3) is 0 Å². The minimum absolute atomic E-state index is 0.262. The summed E-state index contributed by atoms with van der Waals surface area (Å²) in [5.41, 5.74) is 2.32. The third kappa shape index (κ3) is 6.29. The van der Waals surface area contributed by atoms with E-state index in [1.807, 2.05) is 24.3 Å². The van der Waals surface area contributed by atoms with E-state index >= 15 is 0 Å². The van der Waals surface area contributed by atoms with Gasteiger partial charge in [-0.1, -0.05) is 18.2 Å². The number of rotatable bonds is 10. The largest absolute Gasteiger partial charge is 0.497 e. The lowest BCUT2D eigenvalue weighted by atomic mass is 10.1. The highest BCUT2D eigenvalue weighted by atomic mass is 16.5. The van der Waals surface area contributed by atoms with Crippen molar-refractivity contribution in [3.63, 3.8) is 0 Å². The number of ether oxygens (including phenoxy) is 3. The molecule has 1 fully saturated rings. The molecule has 0 spiro atoms. The van der Waals surface area contributed by atoms with Crippen LogP contribution in [0.15, 0.2) is 47.5 Å². The van der Waals surface area contributed by atoms with Crippen LogP contribution < -0.4 is 24.8 Å². The summed E-state index contributed by atoms with van der Waals surface area (Å²) < 4.78 is 16.2. The second kappa shape index (κ2) is 12.2. The molecule has 0 amide bonds. The van der Waals surface area contributed by atoms with Gasteiger partial charge in [-0.25, -0.2) is 4.99 Å². The van der Waals surface area contributed by atoms with E-state index in [9.17, 15) is 0 Å². The van der Waals surface area contributed by atoms with Crippen LogP contribution in [0, 0.1) is 0 Å². The van der Waals surface area contributed by atoms with Gasteiger partial charge in [0.15, 0.2) is 17.5 Å². The molecule has 0 saturated carbocycles. The summed E-state index contributed by atoms with van der Waals surface area (Å²) in [6, 6.07) is 14.5. The molecule has 1 unspecified atom stereocenters. The number of nitrogens with one attached hydrogen (secondary N) is 2. The zero-order valence-corrected chi connectivity index (χ0v) is 19.7. The van der Waals surface area contributed by atoms with Crippen LogP contribution >= 0.6 is 0 Å². The highest BCUT2D eigenvalue weighted by molar-refractivity contribution is 5.79. The van der Waals surface area contributed by atoms with Gasteiger partial charge < -0.3 is 24.8 Å². The molecule has 2 N–H and O–H groups in total. The topological polar surface area (TPSA) is 67.4 Å². The van der Waals surface area contributed by atoms with Gasteiger partial charge >= 0.3 is 0 Å². The van der Waals surface area contributed by atoms with Crippen molar-refractivity contribution < 1.29 is 14.2 Å². The average Bonchev–Trinajstić information content (AvgIpc) is 3.37. The lowest BCUT2D eigenvalue weighted by Gasteiger charge is -2.29. The van der Waals surface area contributed by atoms with Gasteiger partial charge in [0, 0.05) is 13.1 Å². The zero-order chi connectivity index (χ0) is 22.8. The Kier molecular flexibility index (Phi) is 9.04. The third-order valence-electron chi connectivity index (χ3n) is 5.73. The smallest absolute Gasteiger partial charge is 0.191 e. The Morgan fingerprint density at radius 2 is 1.75 bits per heavy atom. The molecule has 1 atom stereocenters. The molecule has 1 aliphatic rings. The van der Waals surface area contributed by atoms with E-state index in [4.69, 9.17) is 19.2 Å². The first-order valence-electron chi connectivity index (χ1n) is 11.3. The fourth-order valence-corrected chi connectivity index (χ4v) is 4.04. The van der Waals surface area contributed by atoms with Gasteiger partial charge in [-0.2, -0.15) is 0 Å². The van der Waals surface area contributed by atoms with Crippen molar-refractivity contribution in [3.05, 3.63) is 53.6 Å². The van der Waals surface area contributed by atoms with Crippen LogP contribution in [0.25, 0.3) is 0 Å². The van der Waals surface area contributed by atoms with Crippen LogP contribution in [0.5, 0.6) is 17.2 Å². The van der Waals surface area contributed by atoms with Crippen molar-refractivity contribution in [2.24, 2.45) is 4.99 Å². The lowest BCUT2D eigenvalue weighted by Crippen LogP contribution is -2.42. The summed E-state index contributed by atoms with van der Waals surface area (Å²) in [5, 5.41) is 6.92. The second-order valence-corrected chi connectivity index (χ2v) is 7.80. The van der Waals surface area contributed by atoms with Crippen LogP contribution in [0.2, 0.25) is 0 Å². The van der Waals surface area contributed by atoms with Crippen molar-refractivity contribution in [1.29, 1.82) is 0 Å². The normalized spacial score (nSPS) is 15.3. The molecule has 1 saturated heterocycles. The lowest BCUT2D eigenvalue weighted by molar-refractivity contribution is 0.245. The maximum Gasteiger partial charge on any atom is 0.191 e. The highest BCUT2D eigenvalue weighted by Gasteiger charge is 2.24. The summed E-state index contributed by atoms with van der Waals surface area (Å²) in [7, 11) is 5.00. The van der Waals surface area contributed by atoms with E-state index in [0.29, 0.717) is 12.3 Å². The van der Waals surface area contributed by atoms with Gasteiger partial charge in [-0.05, 0) is 68.2 Å². The second-order valence-electron chi connectivity index (χ2n) is 7.80. The number of benzene rings is 2. The number of hydrogen-bond acceptors (Lipinski definition) is 5. The standard InChI is InChI=1S/C25H36N4O3/c1-5-26-25(27-17-19-11-12-23(31-3)24(15-19)32-4)28-18-22(29-13-6-7-14-29)20-9-8-10-21(16-20)30-2/h8-12,15-16,22H,5-7,13-14,17-18H2,1-4H3,(H2,26,27,28). The average molecular weight is 441 g/mol. The monoisotopic (exact) mass is 440 g/mol. The number of guanidine groups is 1. The van der Waals surface area contributed by atoms with Crippen molar-refractivity contribution in [2.45, 2.75) is 32.4 Å². The van der Waals surface area contributed by atoms with Crippen LogP contribution in [-0.4, -0.2) is 58.4 Å². The zero-order valence-electron chi connectivity index (χ0n) is 19.7. The molecule has 32 heavy (non-hydrogen) atoms. The summed E-state index contributed by atoms with van der Waals surface area (Å²) in [4.78, 5) is 7.34. The molecule has 3 rings (SSSR count). The highest BCUT2D eigenvalue weighted by Crippen LogP contribution is 2.28. The molecule has 0 aliphatic carbocycles. The molecule has 7 nitrogen and oxygen atoms in total. The molecule has 0 radical (unpaired) electrons. The number of hydrogen-bond donors (Lipinski definition) is 2. The Labute approximate surface area is 191 Å². The molecule has 7 heteroatoms. The Hall–Kier alpha value is -2.93. The number of nitrogens with zero attached hydrogens (tertiary/aromatic N) is 2. The van der Waals surface area contributed by atoms with Crippen molar-refractivity contribution in [2.75, 3.05) is 47.5 Å². The van der Waals surface area contributed by atoms with Gasteiger partial charge in [-0.15, -0.1) is 0 Å². The fraction of sp³-hybridized carbons (Fsp3) is 0.480. The van der Waals surface area contributed by atoms with Crippen LogP contribution in [0.3, 0.4) is 0 Å². The molecule has 0 bridgehead atoms. The Balaban J connectivity index is 1.72. The Morgan fingerprint density at radius 1 is 0.969 bits per heavy atom. The van der Waals surface area contributed by atoms with Crippen molar-refractivity contribution >= 4 is 5.96 Å². The van der Waals surface area contributed by atoms with Crippen LogP contribution in [-0.2, 0) is 6.54 Å². The van der Waals surface area contributed by atoms with E-state index in [0.717, 1.165) is 49.2 Å². The van der Waals surface area contributed by atoms with Gasteiger partial charge in [-0.3, -0.25) is 4.90 Å². The van der Waals surface area contributed by atoms with E-state index in [2.05, 4.69) is 40.7 Å². The van der Waals surface area contributed by atoms with Crippen LogP contribution in [0.1, 0.15) is 36.9 Å². The Morgan fingerprint density at radius 3 is 2.44 bits per heavy atom. The van der Waals surface area contributed by atoms with Gasteiger partial charge in [0.05, 0.1) is 33.9 Å². The molecule has 1 heterocycles. The maximum absolute atomic E-state index is 5.46. The predicted octanol–water partition coefficient (Wildman–Crippen LogP) is 3.60. The van der Waals surface area contributed by atoms with E-state index in [1.165, 1.54) is 18.4 Å². The molecule has 174 valence electrons. The molecule has 1 aliphatic heterocycles. The van der Waals surface area contributed by atoms with E-state index in [-0.39, 0.29) is 6.04 Å². The van der Waals surface area contributed by atoms with Crippen LogP contribution in [0.4, 0.5) is 0 Å². The van der Waals surface area contributed by atoms with Gasteiger partial charge in [0.1, 0.15) is 5.75 Å². The summed E-state index contributed by atoms with van der Waals surface area (Å²) in [6.07, 6.45) is 2.49. The quantitative estimate of drug-likeness (QED) is 0.435. The van der Waals surface area contributed by atoms with Crippen molar-refractivity contribution in [1.82, 2.24) is 15.5 Å². The summed E-state index contributed by atoms with van der Waals surface area (Å²) in [6.45, 7) is 6.42. The first-order valence-corrected chi connectivity index (χ1v) is 11.3. The minimum Gasteiger partial charge on any atom is -0.497 e. The first kappa shape index (κ1) is 23.7. The molecule has 2 aromatic carbocycles. The molecular formula is C25H36N4O3. The number of likely N-dealkylation sites (tertiary alicyclic amines) is 1.